The van der Waals surface area contributed by atoms with Crippen molar-refractivity contribution >= 4 is 22.9 Å². The first-order valence-electron chi connectivity index (χ1n) is 6.98. The van der Waals surface area contributed by atoms with E-state index in [1.807, 2.05) is 53.1 Å². The van der Waals surface area contributed by atoms with Crippen molar-refractivity contribution in [3.05, 3.63) is 54.1 Å². The van der Waals surface area contributed by atoms with E-state index in [2.05, 4.69) is 15.3 Å². The van der Waals surface area contributed by atoms with E-state index in [0.717, 1.165) is 22.3 Å². The third kappa shape index (κ3) is 1.81. The van der Waals surface area contributed by atoms with Crippen LogP contribution in [0.15, 0.2) is 53.5 Å². The third-order valence-corrected chi connectivity index (χ3v) is 3.76. The van der Waals surface area contributed by atoms with Gasteiger partial charge < -0.3 is 10.5 Å². The Morgan fingerprint density at radius 1 is 1.14 bits per heavy atom. The van der Waals surface area contributed by atoms with Crippen molar-refractivity contribution in [1.82, 2.24) is 9.55 Å². The highest BCUT2D eigenvalue weighted by Crippen LogP contribution is 2.35. The molecule has 0 bridgehead atoms. The molecule has 0 amide bonds. The summed E-state index contributed by atoms with van der Waals surface area (Å²) in [6.45, 7) is 0. The quantitative estimate of drug-likeness (QED) is 0.760. The van der Waals surface area contributed by atoms with Gasteiger partial charge in [0.15, 0.2) is 12.1 Å². The van der Waals surface area contributed by atoms with Gasteiger partial charge >= 0.3 is 0 Å². The zero-order valence-corrected chi connectivity index (χ0v) is 12.0. The highest BCUT2D eigenvalue weighted by Gasteiger charge is 2.26. The van der Waals surface area contributed by atoms with E-state index in [4.69, 9.17) is 10.5 Å². The fraction of sp³-hybridized carbons (Fsp3) is 0.125. The maximum atomic E-state index is 5.94. The zero-order chi connectivity index (χ0) is 15.1. The largest absolute Gasteiger partial charge is 0.496 e. The number of fused-ring (bicyclic) bond motifs is 3. The normalized spacial score (nSPS) is 16.8. The van der Waals surface area contributed by atoms with Gasteiger partial charge in [0.1, 0.15) is 5.75 Å². The Labute approximate surface area is 127 Å². The second kappa shape index (κ2) is 4.77. The Kier molecular flexibility index (Phi) is 2.75. The van der Waals surface area contributed by atoms with E-state index in [-0.39, 0.29) is 6.17 Å². The molecule has 1 atom stereocenters. The van der Waals surface area contributed by atoms with Gasteiger partial charge in [0.25, 0.3) is 0 Å². The van der Waals surface area contributed by atoms with Crippen molar-refractivity contribution in [1.29, 1.82) is 0 Å². The lowest BCUT2D eigenvalue weighted by atomic mass is 10.1. The summed E-state index contributed by atoms with van der Waals surface area (Å²) in [6, 6.07) is 15.7. The van der Waals surface area contributed by atoms with Crippen LogP contribution in [0.2, 0.25) is 0 Å². The predicted octanol–water partition coefficient (Wildman–Crippen LogP) is 2.33. The number of hydrogen-bond donors (Lipinski definition) is 2. The first-order chi connectivity index (χ1) is 10.8. The van der Waals surface area contributed by atoms with Crippen molar-refractivity contribution in [2.45, 2.75) is 6.17 Å². The third-order valence-electron chi connectivity index (χ3n) is 3.76. The number of imidazole rings is 1. The van der Waals surface area contributed by atoms with Crippen LogP contribution in [-0.4, -0.2) is 22.6 Å². The smallest absolute Gasteiger partial charge is 0.212 e. The van der Waals surface area contributed by atoms with Crippen LogP contribution in [0.25, 0.3) is 11.0 Å². The highest BCUT2D eigenvalue weighted by atomic mass is 16.5. The van der Waals surface area contributed by atoms with Gasteiger partial charge in [-0.25, -0.2) is 9.98 Å². The van der Waals surface area contributed by atoms with E-state index in [1.54, 1.807) is 7.11 Å². The van der Waals surface area contributed by atoms with Gasteiger partial charge in [0, 0.05) is 5.56 Å². The number of methoxy groups -OCH3 is 1. The molecule has 6 heteroatoms. The van der Waals surface area contributed by atoms with E-state index in [0.29, 0.717) is 11.9 Å². The van der Waals surface area contributed by atoms with E-state index in [9.17, 15) is 0 Å². The number of ether oxygens (including phenoxy) is 1. The second-order valence-corrected chi connectivity index (χ2v) is 5.05. The summed E-state index contributed by atoms with van der Waals surface area (Å²) in [4.78, 5) is 9.14. The molecule has 3 N–H and O–H groups in total. The van der Waals surface area contributed by atoms with Crippen molar-refractivity contribution < 1.29 is 4.74 Å². The van der Waals surface area contributed by atoms with Crippen LogP contribution in [0.5, 0.6) is 5.75 Å². The van der Waals surface area contributed by atoms with Gasteiger partial charge in [-0.05, 0) is 18.2 Å². The molecular formula is C16H15N5O. The van der Waals surface area contributed by atoms with Gasteiger partial charge in [-0.15, -0.1) is 0 Å². The number of nitrogens with one attached hydrogen (secondary N) is 1. The molecule has 2 heterocycles. The van der Waals surface area contributed by atoms with Gasteiger partial charge in [-0.3, -0.25) is 9.88 Å². The van der Waals surface area contributed by atoms with Crippen LogP contribution >= 0.6 is 0 Å². The molecule has 0 unspecified atom stereocenters. The Hall–Kier alpha value is -3.02. The molecule has 22 heavy (non-hydrogen) atoms. The summed E-state index contributed by atoms with van der Waals surface area (Å²) < 4.78 is 7.50. The zero-order valence-electron chi connectivity index (χ0n) is 12.0. The van der Waals surface area contributed by atoms with E-state index >= 15 is 0 Å². The Bertz CT molecular complexity index is 883. The number of hydrogen-bond acceptors (Lipinski definition) is 5. The number of nitrogens with zero attached hydrogens (tertiary/aromatic N) is 3. The molecule has 0 aliphatic carbocycles. The number of anilines is 1. The minimum Gasteiger partial charge on any atom is -0.496 e. The molecule has 0 fully saturated rings. The number of nitrogens with two attached hydrogens (primary N) is 1. The molecule has 0 radical (unpaired) electrons. The number of benzene rings is 2. The molecule has 6 nitrogen and oxygen atoms in total. The maximum absolute atomic E-state index is 5.94. The lowest BCUT2D eigenvalue weighted by molar-refractivity contribution is 0.403. The molecular weight excluding hydrogens is 278 g/mol. The molecule has 3 aromatic rings. The molecule has 110 valence electrons. The van der Waals surface area contributed by atoms with Crippen LogP contribution in [0.3, 0.4) is 0 Å². The first-order valence-corrected chi connectivity index (χ1v) is 6.98. The number of rotatable bonds is 2. The fourth-order valence-corrected chi connectivity index (χ4v) is 2.80. The number of guanidine groups is 1. The van der Waals surface area contributed by atoms with Gasteiger partial charge in [0.2, 0.25) is 5.95 Å². The van der Waals surface area contributed by atoms with Crippen molar-refractivity contribution in [3.8, 4) is 5.75 Å². The Morgan fingerprint density at radius 2 is 1.91 bits per heavy atom. The Morgan fingerprint density at radius 3 is 2.77 bits per heavy atom. The molecule has 1 aliphatic rings. The molecule has 0 saturated carbocycles. The summed E-state index contributed by atoms with van der Waals surface area (Å²) in [7, 11) is 1.65. The number of para-hydroxylation sites is 3. The molecule has 2 aromatic carbocycles. The average molecular weight is 293 g/mol. The maximum Gasteiger partial charge on any atom is 0.212 e. The summed E-state index contributed by atoms with van der Waals surface area (Å²) in [5, 5.41) is 3.03. The fourth-order valence-electron chi connectivity index (χ4n) is 2.80. The minimum atomic E-state index is -0.306. The van der Waals surface area contributed by atoms with Crippen LogP contribution < -0.4 is 15.8 Å². The summed E-state index contributed by atoms with van der Waals surface area (Å²) in [5.41, 5.74) is 8.77. The number of aromatic nitrogens is 2. The summed E-state index contributed by atoms with van der Waals surface area (Å²) in [5.74, 6) is 1.80. The predicted molar refractivity (Wildman–Crippen MR) is 86.1 cm³/mol. The van der Waals surface area contributed by atoms with Crippen molar-refractivity contribution in [2.75, 3.05) is 12.4 Å². The molecule has 1 aromatic heterocycles. The monoisotopic (exact) mass is 293 g/mol. The van der Waals surface area contributed by atoms with Gasteiger partial charge in [-0.2, -0.15) is 0 Å². The molecule has 1 aliphatic heterocycles. The lowest BCUT2D eigenvalue weighted by Gasteiger charge is -2.24. The summed E-state index contributed by atoms with van der Waals surface area (Å²) >= 11 is 0. The van der Waals surface area contributed by atoms with Crippen LogP contribution in [0.1, 0.15) is 11.7 Å². The Balaban J connectivity index is 1.98. The minimum absolute atomic E-state index is 0.306. The topological polar surface area (TPSA) is 77.5 Å². The van der Waals surface area contributed by atoms with Crippen molar-refractivity contribution in [3.63, 3.8) is 0 Å². The SMILES string of the molecule is COc1ccccc1[C@H]1N=C(N)Nc2nc3ccccc3n21. The second-order valence-electron chi connectivity index (χ2n) is 5.05. The highest BCUT2D eigenvalue weighted by molar-refractivity contribution is 5.94. The van der Waals surface area contributed by atoms with E-state index in [1.165, 1.54) is 0 Å². The average Bonchev–Trinajstić information content (AvgIpc) is 2.92. The van der Waals surface area contributed by atoms with Gasteiger partial charge in [0.05, 0.1) is 18.1 Å². The van der Waals surface area contributed by atoms with E-state index < -0.39 is 0 Å². The van der Waals surface area contributed by atoms with Crippen LogP contribution in [0.4, 0.5) is 5.95 Å². The summed E-state index contributed by atoms with van der Waals surface area (Å²) in [6.07, 6.45) is -0.306. The molecule has 0 saturated heterocycles. The first kappa shape index (κ1) is 12.7. The van der Waals surface area contributed by atoms with Crippen LogP contribution in [0, 0.1) is 0 Å². The molecule has 0 spiro atoms. The standard InChI is InChI=1S/C16H15N5O/c1-22-13-9-5-2-6-10(13)14-19-15(17)20-16-18-11-7-3-4-8-12(11)21(14)16/h2-9,14H,1H3,(H3,17,18,19,20)/t14-/m0/s1. The molecule has 4 rings (SSSR count). The lowest BCUT2D eigenvalue weighted by Crippen LogP contribution is -2.31. The van der Waals surface area contributed by atoms with Gasteiger partial charge in [-0.1, -0.05) is 30.3 Å². The number of aliphatic imine (C=N–C) groups is 1. The van der Waals surface area contributed by atoms with Crippen LogP contribution in [-0.2, 0) is 0 Å². The van der Waals surface area contributed by atoms with Crippen molar-refractivity contribution in [2.24, 2.45) is 10.7 Å².